The van der Waals surface area contributed by atoms with E-state index >= 15 is 0 Å². The molecule has 192 valence electrons. The minimum atomic E-state index is -1.67. The number of nitrogens with one attached hydrogen (secondary N) is 1. The molecule has 0 aromatic carbocycles. The van der Waals surface area contributed by atoms with Gasteiger partial charge in [-0.05, 0) is 0 Å². The average molecular weight is 490 g/mol. The molecule has 0 heterocycles. The summed E-state index contributed by atoms with van der Waals surface area (Å²) in [5.74, 6) is -5.62. The van der Waals surface area contributed by atoms with E-state index in [2.05, 4.69) is 5.43 Å². The molecule has 0 aliphatic carbocycles. The second-order valence-corrected chi connectivity index (χ2v) is 7.04. The first kappa shape index (κ1) is 30.3. The van der Waals surface area contributed by atoms with Crippen molar-refractivity contribution in [3.8, 4) is 0 Å². The van der Waals surface area contributed by atoms with E-state index in [9.17, 15) is 33.6 Å². The summed E-state index contributed by atoms with van der Waals surface area (Å²) >= 11 is 0. The first-order valence-electron chi connectivity index (χ1n) is 10.0. The van der Waals surface area contributed by atoms with E-state index in [0.29, 0.717) is 0 Å². The van der Waals surface area contributed by atoms with Crippen molar-refractivity contribution < 1.29 is 57.2 Å². The van der Waals surface area contributed by atoms with Gasteiger partial charge in [0.2, 0.25) is 11.8 Å². The molecule has 0 spiro atoms. The first-order chi connectivity index (χ1) is 15.6. The molecule has 2 amide bonds. The fourth-order valence-corrected chi connectivity index (χ4v) is 2.75. The van der Waals surface area contributed by atoms with Crippen molar-refractivity contribution in [3.63, 3.8) is 0 Å². The van der Waals surface area contributed by atoms with Crippen molar-refractivity contribution in [2.24, 2.45) is 0 Å². The molecule has 0 aliphatic rings. The Morgan fingerprint density at radius 1 is 0.618 bits per heavy atom. The molecule has 0 rings (SSSR count). The van der Waals surface area contributed by atoms with Crippen LogP contribution >= 0.6 is 0 Å². The van der Waals surface area contributed by atoms with Crippen LogP contribution in [0, 0.1) is 0 Å². The average Bonchev–Trinajstić information content (AvgIpc) is 2.65. The summed E-state index contributed by atoms with van der Waals surface area (Å²) in [5, 5.41) is 0.782. The maximum absolute atomic E-state index is 12.0. The van der Waals surface area contributed by atoms with Crippen LogP contribution in [-0.4, -0.2) is 84.2 Å². The van der Waals surface area contributed by atoms with Gasteiger partial charge in [-0.3, -0.25) is 44.0 Å². The topological polar surface area (TPSA) is 181 Å². The minimum Gasteiger partial charge on any atom is -0.462 e. The third-order valence-corrected chi connectivity index (χ3v) is 3.78. The Kier molecular flexibility index (Phi) is 12.9. The van der Waals surface area contributed by atoms with Gasteiger partial charge in [-0.25, -0.2) is 0 Å². The number of rotatable bonds is 11. The maximum atomic E-state index is 12.0. The predicted octanol–water partition coefficient (Wildman–Crippen LogP) is -0.824. The van der Waals surface area contributed by atoms with Crippen molar-refractivity contribution in [2.45, 2.75) is 72.9 Å². The maximum Gasteiger partial charge on any atom is 0.303 e. The van der Waals surface area contributed by atoms with E-state index < -0.39 is 79.2 Å². The van der Waals surface area contributed by atoms with E-state index in [1.165, 1.54) is 0 Å². The summed E-state index contributed by atoms with van der Waals surface area (Å²) in [6, 6.07) is 0. The zero-order chi connectivity index (χ0) is 26.6. The van der Waals surface area contributed by atoms with Gasteiger partial charge in [-0.1, -0.05) is 0 Å². The first-order valence-corrected chi connectivity index (χ1v) is 10.0. The van der Waals surface area contributed by atoms with Gasteiger partial charge in [0.1, 0.15) is 6.61 Å². The molecular weight excluding hydrogens is 460 g/mol. The highest BCUT2D eigenvalue weighted by Crippen LogP contribution is 2.21. The quantitative estimate of drug-likeness (QED) is 0.216. The van der Waals surface area contributed by atoms with Crippen LogP contribution in [0.5, 0.6) is 0 Å². The Hall–Kier alpha value is -3.71. The Morgan fingerprint density at radius 2 is 1.03 bits per heavy atom. The molecule has 0 fully saturated rings. The van der Waals surface area contributed by atoms with Gasteiger partial charge in [-0.2, -0.15) is 0 Å². The highest BCUT2D eigenvalue weighted by atomic mass is 16.6. The van der Waals surface area contributed by atoms with Crippen LogP contribution in [0.2, 0.25) is 0 Å². The second kappa shape index (κ2) is 14.4. The molecule has 0 radical (unpaired) electrons. The predicted molar refractivity (Wildman–Crippen MR) is 110 cm³/mol. The van der Waals surface area contributed by atoms with Crippen molar-refractivity contribution in [2.75, 3.05) is 13.2 Å². The fraction of sp³-hybridized carbons (Fsp3) is 0.650. The van der Waals surface area contributed by atoms with Gasteiger partial charge >= 0.3 is 29.8 Å². The Labute approximate surface area is 196 Å². The van der Waals surface area contributed by atoms with E-state index in [1.807, 2.05) is 0 Å². The lowest BCUT2D eigenvalue weighted by atomic mass is 10.0. The van der Waals surface area contributed by atoms with Crippen molar-refractivity contribution in [1.82, 2.24) is 10.4 Å². The molecule has 0 bridgehead atoms. The molecule has 4 atom stereocenters. The molecule has 0 aliphatic heterocycles. The Bertz CT molecular complexity index is 796. The lowest BCUT2D eigenvalue weighted by Crippen LogP contribution is -2.58. The smallest absolute Gasteiger partial charge is 0.303 e. The molecule has 0 saturated heterocycles. The lowest BCUT2D eigenvalue weighted by Gasteiger charge is -2.36. The van der Waals surface area contributed by atoms with Crippen molar-refractivity contribution >= 4 is 41.7 Å². The van der Waals surface area contributed by atoms with E-state index in [-0.39, 0.29) is 0 Å². The van der Waals surface area contributed by atoms with Gasteiger partial charge < -0.3 is 23.7 Å². The number of ether oxygens (including phenoxy) is 5. The van der Waals surface area contributed by atoms with Gasteiger partial charge in [0.15, 0.2) is 24.4 Å². The normalized spacial score (nSPS) is 13.7. The van der Waals surface area contributed by atoms with Crippen molar-refractivity contribution in [1.29, 1.82) is 0 Å². The number of hydrogen-bond acceptors (Lipinski definition) is 12. The van der Waals surface area contributed by atoms with E-state index in [4.69, 9.17) is 23.7 Å². The number of carbonyl (C=O) groups is 7. The van der Waals surface area contributed by atoms with Gasteiger partial charge in [0.05, 0.1) is 6.54 Å². The lowest BCUT2D eigenvalue weighted by molar-refractivity contribution is -0.204. The molecule has 14 nitrogen and oxygen atoms in total. The largest absolute Gasteiger partial charge is 0.462 e. The number of hydrazine groups is 1. The highest BCUT2D eigenvalue weighted by Gasteiger charge is 2.44. The van der Waals surface area contributed by atoms with Crippen LogP contribution < -0.4 is 5.43 Å². The number of carbonyl (C=O) groups excluding carboxylic acids is 7. The summed E-state index contributed by atoms with van der Waals surface area (Å²) in [7, 11) is 0. The SMILES string of the molecule is CC(=O)NN(C[C@@H](OC(C)=O)[C@H](OC(C)=O)[C@H](OC(C)=O)[C@@H](COC(C)=O)OC(C)=O)C(C)=O. The van der Waals surface area contributed by atoms with Crippen LogP contribution in [0.15, 0.2) is 0 Å². The van der Waals surface area contributed by atoms with E-state index in [0.717, 1.165) is 53.5 Å². The molecule has 1 N–H and O–H groups in total. The number of nitrogens with zero attached hydrogens (tertiary/aromatic N) is 1. The molecule has 0 aromatic heterocycles. The fourth-order valence-electron chi connectivity index (χ4n) is 2.75. The summed E-state index contributed by atoms with van der Waals surface area (Å²) in [4.78, 5) is 82.0. The van der Waals surface area contributed by atoms with Crippen LogP contribution in [0.4, 0.5) is 0 Å². The monoisotopic (exact) mass is 490 g/mol. The molecule has 0 unspecified atom stereocenters. The minimum absolute atomic E-state index is 0.551. The van der Waals surface area contributed by atoms with E-state index in [1.54, 1.807) is 0 Å². The molecule has 0 saturated carbocycles. The molecular formula is C20H30N2O12. The number of amides is 2. The molecule has 34 heavy (non-hydrogen) atoms. The summed E-state index contributed by atoms with van der Waals surface area (Å²) < 4.78 is 25.7. The van der Waals surface area contributed by atoms with Gasteiger partial charge in [0, 0.05) is 48.5 Å². The van der Waals surface area contributed by atoms with Crippen LogP contribution in [-0.2, 0) is 57.2 Å². The standard InChI is InChI=1S/C20H30N2O12/c1-10(23)21-22(11(2)24)8-17(31-13(4)26)19(33-15(6)28)20(34-16(7)29)18(32-14(5)27)9-30-12(3)25/h17-20H,8-9H2,1-7H3,(H,21,23)/t17-,18-,19+,20-/m1/s1. The Morgan fingerprint density at radius 3 is 1.38 bits per heavy atom. The third-order valence-electron chi connectivity index (χ3n) is 3.78. The summed E-state index contributed by atoms with van der Waals surface area (Å²) in [6.45, 7) is 6.22. The zero-order valence-electron chi connectivity index (χ0n) is 20.1. The Balaban J connectivity index is 6.55. The highest BCUT2D eigenvalue weighted by molar-refractivity contribution is 5.79. The summed E-state index contributed by atoms with van der Waals surface area (Å²) in [6.07, 6.45) is -6.35. The van der Waals surface area contributed by atoms with Crippen molar-refractivity contribution in [3.05, 3.63) is 0 Å². The van der Waals surface area contributed by atoms with Gasteiger partial charge in [-0.15, -0.1) is 0 Å². The summed E-state index contributed by atoms with van der Waals surface area (Å²) in [5.41, 5.74) is 2.22. The number of esters is 5. The van der Waals surface area contributed by atoms with Gasteiger partial charge in [0.25, 0.3) is 0 Å². The molecule has 14 heteroatoms. The second-order valence-electron chi connectivity index (χ2n) is 7.04. The van der Waals surface area contributed by atoms with Crippen LogP contribution in [0.1, 0.15) is 48.5 Å². The van der Waals surface area contributed by atoms with Crippen LogP contribution in [0.25, 0.3) is 0 Å². The third kappa shape index (κ3) is 12.4. The van der Waals surface area contributed by atoms with Crippen LogP contribution in [0.3, 0.4) is 0 Å². The number of hydrogen-bond donors (Lipinski definition) is 1. The zero-order valence-corrected chi connectivity index (χ0v) is 20.1. The molecule has 0 aromatic rings.